The molecular weight excluding hydrogens is 171 g/mol. The summed E-state index contributed by atoms with van der Waals surface area (Å²) in [6.45, 7) is 9.11. The van der Waals surface area contributed by atoms with Gasteiger partial charge in [0.2, 0.25) is 0 Å². The Balaban J connectivity index is 0. The Morgan fingerprint density at radius 1 is 1.00 bits per heavy atom. The van der Waals surface area contributed by atoms with Gasteiger partial charge in [-0.25, -0.2) is 0 Å². The topological polar surface area (TPSA) is 0 Å². The highest BCUT2D eigenvalue weighted by molar-refractivity contribution is 6.58. The summed E-state index contributed by atoms with van der Waals surface area (Å²) in [4.78, 5) is 0. The monoisotopic (exact) mass is 196 g/mol. The van der Waals surface area contributed by atoms with Crippen LogP contribution in [0.1, 0.15) is 47.0 Å². The molecule has 0 fully saturated rings. The fourth-order valence-corrected chi connectivity index (χ4v) is 2.88. The van der Waals surface area contributed by atoms with E-state index in [-0.39, 0.29) is 14.1 Å². The molecule has 0 amide bonds. The van der Waals surface area contributed by atoms with E-state index in [0.717, 1.165) is 6.42 Å². The zero-order chi connectivity index (χ0) is 10.5. The van der Waals surface area contributed by atoms with E-state index >= 15 is 0 Å². The number of hydrogen-bond acceptors (Lipinski definition) is 0. The molecule has 0 nitrogen and oxygen atoms in total. The molecule has 0 spiro atoms. The highest BCUT2D eigenvalue weighted by atomic mass is 27.2. The molecule has 1 heteroatoms. The van der Waals surface area contributed by atoms with Gasteiger partial charge in [0.1, 0.15) is 0 Å². The quantitative estimate of drug-likeness (QED) is 0.348. The first kappa shape index (κ1) is 15.6. The van der Waals surface area contributed by atoms with Crippen molar-refractivity contribution in [2.24, 2.45) is 0 Å². The molecule has 0 aromatic heterocycles. The molecule has 13 heavy (non-hydrogen) atoms. The van der Waals surface area contributed by atoms with E-state index in [2.05, 4.69) is 33.6 Å². The van der Waals surface area contributed by atoms with Gasteiger partial charge in [-0.3, -0.25) is 0 Å². The molecule has 0 heterocycles. The summed E-state index contributed by atoms with van der Waals surface area (Å²) >= 11 is -0.171. The summed E-state index contributed by atoms with van der Waals surface area (Å²) in [5, 5.41) is 4.48. The molecule has 0 unspecified atom stereocenters. The highest BCUT2D eigenvalue weighted by Gasteiger charge is 2.05. The minimum Gasteiger partial charge on any atom is -0.120 e. The van der Waals surface area contributed by atoms with E-state index in [1.807, 2.05) is 0 Å². The third kappa shape index (κ3) is 14.9. The van der Waals surface area contributed by atoms with Crippen LogP contribution in [0, 0.1) is 12.3 Å². The number of rotatable bonds is 5. The zero-order valence-corrected chi connectivity index (χ0v) is 11.1. The summed E-state index contributed by atoms with van der Waals surface area (Å²) in [5.41, 5.74) is 0. The SMILES string of the molecule is C#CCCCC.C[CH2][Al]([CH2]C)[CH2]C. The average Bonchev–Trinajstić information content (AvgIpc) is 2.18. The van der Waals surface area contributed by atoms with Crippen molar-refractivity contribution in [3.8, 4) is 12.3 Å². The van der Waals surface area contributed by atoms with Crippen molar-refractivity contribution in [3.63, 3.8) is 0 Å². The van der Waals surface area contributed by atoms with E-state index in [1.54, 1.807) is 0 Å². The van der Waals surface area contributed by atoms with Gasteiger partial charge < -0.3 is 0 Å². The Morgan fingerprint density at radius 2 is 1.46 bits per heavy atom. The Labute approximate surface area is 89.5 Å². The van der Waals surface area contributed by atoms with Crippen LogP contribution in [-0.4, -0.2) is 14.1 Å². The van der Waals surface area contributed by atoms with Crippen LogP contribution in [0.15, 0.2) is 0 Å². The molecule has 0 bridgehead atoms. The lowest BCUT2D eigenvalue weighted by molar-refractivity contribution is 0.828. The number of terminal acetylenes is 1. The molecule has 76 valence electrons. The minimum atomic E-state index is -0.171. The van der Waals surface area contributed by atoms with Crippen molar-refractivity contribution >= 4 is 14.1 Å². The van der Waals surface area contributed by atoms with Crippen LogP contribution < -0.4 is 0 Å². The number of hydrogen-bond donors (Lipinski definition) is 0. The molecule has 0 radical (unpaired) electrons. The molecule has 0 saturated heterocycles. The van der Waals surface area contributed by atoms with Crippen molar-refractivity contribution in [2.75, 3.05) is 0 Å². The second-order valence-corrected chi connectivity index (χ2v) is 7.58. The van der Waals surface area contributed by atoms with Gasteiger partial charge in [-0.2, -0.15) is 0 Å². The third-order valence-electron chi connectivity index (χ3n) is 2.41. The summed E-state index contributed by atoms with van der Waals surface area (Å²) in [5.74, 6) is 2.57. The normalized spacial score (nSPS) is 8.23. The van der Waals surface area contributed by atoms with Crippen LogP contribution in [0.25, 0.3) is 0 Å². The summed E-state index contributed by atoms with van der Waals surface area (Å²) in [7, 11) is 0. The molecule has 0 aromatic rings. The van der Waals surface area contributed by atoms with Gasteiger partial charge in [-0.1, -0.05) is 50.0 Å². The van der Waals surface area contributed by atoms with E-state index in [9.17, 15) is 0 Å². The molecule has 0 aromatic carbocycles. The Kier molecular flexibility index (Phi) is 17.5. The largest absolute Gasteiger partial charge is 0.261 e. The first-order valence-electron chi connectivity index (χ1n) is 5.70. The maximum atomic E-state index is 4.96. The maximum Gasteiger partial charge on any atom is 0.261 e. The number of unbranched alkanes of at least 4 members (excludes halogenated alkanes) is 2. The second kappa shape index (κ2) is 14.6. The Hall–Kier alpha value is 0.0925. The average molecular weight is 196 g/mol. The van der Waals surface area contributed by atoms with Crippen molar-refractivity contribution in [3.05, 3.63) is 0 Å². The smallest absolute Gasteiger partial charge is 0.120 e. The van der Waals surface area contributed by atoms with Gasteiger partial charge in [0.05, 0.1) is 0 Å². The molecule has 0 atom stereocenters. The molecule has 0 aliphatic heterocycles. The van der Waals surface area contributed by atoms with E-state index < -0.39 is 0 Å². The zero-order valence-electron chi connectivity index (χ0n) is 9.90. The molecule has 0 rings (SSSR count). The second-order valence-electron chi connectivity index (χ2n) is 3.40. The molecule has 0 saturated carbocycles. The van der Waals surface area contributed by atoms with Gasteiger partial charge >= 0.3 is 0 Å². The standard InChI is InChI=1S/C6H10.3C2H5.Al/c1-3-5-6-4-2;3*1-2;/h1H,4-6H2,2H3;3*1H2,2H3;. The predicted molar refractivity (Wildman–Crippen MR) is 65.6 cm³/mol. The van der Waals surface area contributed by atoms with Gasteiger partial charge in [-0.05, 0) is 6.42 Å². The van der Waals surface area contributed by atoms with Crippen LogP contribution in [0.2, 0.25) is 15.8 Å². The molecule has 0 aliphatic rings. The highest BCUT2D eigenvalue weighted by Crippen LogP contribution is 2.01. The summed E-state index contributed by atoms with van der Waals surface area (Å²) in [6, 6.07) is 0. The fraction of sp³-hybridized carbons (Fsp3) is 0.833. The first-order chi connectivity index (χ1) is 6.26. The van der Waals surface area contributed by atoms with E-state index in [0.29, 0.717) is 0 Å². The van der Waals surface area contributed by atoms with Crippen LogP contribution in [-0.2, 0) is 0 Å². The molecule has 0 aliphatic carbocycles. The predicted octanol–water partition coefficient (Wildman–Crippen LogP) is 4.35. The van der Waals surface area contributed by atoms with Crippen molar-refractivity contribution in [1.29, 1.82) is 0 Å². The first-order valence-corrected chi connectivity index (χ1v) is 8.14. The fourth-order valence-electron chi connectivity index (χ4n) is 1.14. The van der Waals surface area contributed by atoms with Crippen LogP contribution in [0.5, 0.6) is 0 Å². The van der Waals surface area contributed by atoms with Crippen molar-refractivity contribution in [2.45, 2.75) is 62.8 Å². The Morgan fingerprint density at radius 3 is 1.54 bits per heavy atom. The lowest BCUT2D eigenvalue weighted by Crippen LogP contribution is -2.04. The minimum absolute atomic E-state index is 0.171. The summed E-state index contributed by atoms with van der Waals surface area (Å²) < 4.78 is 0. The third-order valence-corrected chi connectivity index (χ3v) is 5.87. The maximum absolute atomic E-state index is 4.96. The lowest BCUT2D eigenvalue weighted by Gasteiger charge is -1.97. The van der Waals surface area contributed by atoms with Crippen LogP contribution >= 0.6 is 0 Å². The van der Waals surface area contributed by atoms with Gasteiger partial charge in [-0.15, -0.1) is 12.3 Å². The molecule has 0 N–H and O–H groups in total. The summed E-state index contributed by atoms with van der Waals surface area (Å²) in [6.07, 6.45) is 8.30. The van der Waals surface area contributed by atoms with E-state index in [4.69, 9.17) is 6.42 Å². The van der Waals surface area contributed by atoms with Crippen molar-refractivity contribution < 1.29 is 0 Å². The lowest BCUT2D eigenvalue weighted by atomic mass is 10.3. The van der Waals surface area contributed by atoms with Crippen LogP contribution in [0.3, 0.4) is 0 Å². The molecular formula is C12H25Al. The van der Waals surface area contributed by atoms with E-state index in [1.165, 1.54) is 28.7 Å². The van der Waals surface area contributed by atoms with Crippen molar-refractivity contribution in [1.82, 2.24) is 0 Å². The Bertz CT molecular complexity index is 103. The van der Waals surface area contributed by atoms with Gasteiger partial charge in [0, 0.05) is 6.42 Å². The van der Waals surface area contributed by atoms with Gasteiger partial charge in [0.15, 0.2) is 0 Å². The van der Waals surface area contributed by atoms with Crippen LogP contribution in [0.4, 0.5) is 0 Å². The van der Waals surface area contributed by atoms with Gasteiger partial charge in [0.25, 0.3) is 14.1 Å².